The van der Waals surface area contributed by atoms with E-state index in [-0.39, 0.29) is 12.0 Å². The van der Waals surface area contributed by atoms with Crippen LogP contribution in [0.25, 0.3) is 0 Å². The van der Waals surface area contributed by atoms with Gasteiger partial charge in [0.2, 0.25) is 5.91 Å². The van der Waals surface area contributed by atoms with Crippen molar-refractivity contribution in [1.82, 2.24) is 10.2 Å². The van der Waals surface area contributed by atoms with Crippen molar-refractivity contribution < 1.29 is 9.90 Å². The van der Waals surface area contributed by atoms with Gasteiger partial charge in [-0.15, -0.1) is 0 Å². The number of aliphatic hydroxyl groups is 1. The van der Waals surface area contributed by atoms with Crippen LogP contribution in [0, 0.1) is 5.92 Å². The van der Waals surface area contributed by atoms with Crippen molar-refractivity contribution in [2.75, 3.05) is 26.2 Å². The second kappa shape index (κ2) is 4.94. The lowest BCUT2D eigenvalue weighted by atomic mass is 9.82. The lowest BCUT2D eigenvalue weighted by molar-refractivity contribution is -0.129. The maximum atomic E-state index is 11.6. The number of aliphatic hydroxyl groups excluding tert-OH is 1. The number of nitrogens with zero attached hydrogens (tertiary/aromatic N) is 1. The lowest BCUT2D eigenvalue weighted by Crippen LogP contribution is -2.41. The Kier molecular flexibility index (Phi) is 3.59. The molecule has 1 heterocycles. The number of amides is 1. The molecule has 0 aromatic carbocycles. The zero-order valence-electron chi connectivity index (χ0n) is 9.11. The molecule has 0 spiro atoms. The monoisotopic (exact) mass is 212 g/mol. The molecule has 0 unspecified atom stereocenters. The second-order valence-electron chi connectivity index (χ2n) is 4.71. The first-order valence-electron chi connectivity index (χ1n) is 5.92. The Morgan fingerprint density at radius 2 is 2.00 bits per heavy atom. The molecular formula is C11H20N2O2. The van der Waals surface area contributed by atoms with Crippen LogP contribution in [-0.4, -0.2) is 48.2 Å². The van der Waals surface area contributed by atoms with Gasteiger partial charge in [-0.25, -0.2) is 0 Å². The number of likely N-dealkylation sites (tertiary alicyclic amines) is 1. The average Bonchev–Trinajstić information content (AvgIpc) is 2.67. The summed E-state index contributed by atoms with van der Waals surface area (Å²) >= 11 is 0. The van der Waals surface area contributed by atoms with Crippen molar-refractivity contribution in [3.05, 3.63) is 0 Å². The van der Waals surface area contributed by atoms with Gasteiger partial charge in [-0.05, 0) is 38.1 Å². The maximum Gasteiger partial charge on any atom is 0.236 e. The molecule has 2 fully saturated rings. The summed E-state index contributed by atoms with van der Waals surface area (Å²) < 4.78 is 0. The van der Waals surface area contributed by atoms with Crippen molar-refractivity contribution in [2.24, 2.45) is 5.92 Å². The lowest BCUT2D eigenvalue weighted by Gasteiger charge is -2.31. The van der Waals surface area contributed by atoms with E-state index >= 15 is 0 Å². The molecule has 4 heteroatoms. The van der Waals surface area contributed by atoms with Crippen molar-refractivity contribution in [1.29, 1.82) is 0 Å². The Labute approximate surface area is 90.6 Å². The van der Waals surface area contributed by atoms with Gasteiger partial charge in [-0.1, -0.05) is 0 Å². The molecule has 15 heavy (non-hydrogen) atoms. The first-order valence-corrected chi connectivity index (χ1v) is 5.92. The van der Waals surface area contributed by atoms with Crippen molar-refractivity contribution >= 4 is 5.91 Å². The molecule has 2 rings (SSSR count). The summed E-state index contributed by atoms with van der Waals surface area (Å²) in [6.07, 6.45) is 4.00. The van der Waals surface area contributed by atoms with Gasteiger partial charge in [-0.2, -0.15) is 0 Å². The highest BCUT2D eigenvalue weighted by Crippen LogP contribution is 2.25. The molecule has 0 atom stereocenters. The number of carbonyl (C=O) groups is 1. The van der Waals surface area contributed by atoms with Crippen LogP contribution in [0.15, 0.2) is 0 Å². The van der Waals surface area contributed by atoms with Crippen LogP contribution in [0.5, 0.6) is 0 Å². The minimum atomic E-state index is -0.0916. The largest absolute Gasteiger partial charge is 0.393 e. The third-order valence-corrected chi connectivity index (χ3v) is 3.38. The van der Waals surface area contributed by atoms with E-state index in [1.165, 1.54) is 0 Å². The third-order valence-electron chi connectivity index (χ3n) is 3.38. The van der Waals surface area contributed by atoms with Gasteiger partial charge in [0, 0.05) is 13.1 Å². The van der Waals surface area contributed by atoms with Crippen LogP contribution in [-0.2, 0) is 4.79 Å². The van der Waals surface area contributed by atoms with Gasteiger partial charge < -0.3 is 15.3 Å². The van der Waals surface area contributed by atoms with E-state index in [0.29, 0.717) is 12.5 Å². The van der Waals surface area contributed by atoms with Crippen LogP contribution >= 0.6 is 0 Å². The Morgan fingerprint density at radius 1 is 1.33 bits per heavy atom. The van der Waals surface area contributed by atoms with Crippen LogP contribution in [0.3, 0.4) is 0 Å². The molecule has 2 N–H and O–H groups in total. The van der Waals surface area contributed by atoms with E-state index in [2.05, 4.69) is 5.32 Å². The fourth-order valence-corrected chi connectivity index (χ4v) is 2.33. The van der Waals surface area contributed by atoms with Gasteiger partial charge in [0.05, 0.1) is 12.6 Å². The molecule has 0 bridgehead atoms. The first-order chi connectivity index (χ1) is 7.25. The topological polar surface area (TPSA) is 52.6 Å². The molecule has 86 valence electrons. The highest BCUT2D eigenvalue weighted by atomic mass is 16.3. The Hall–Kier alpha value is -0.610. The minimum absolute atomic E-state index is 0.0916. The van der Waals surface area contributed by atoms with Crippen molar-refractivity contribution in [3.8, 4) is 0 Å². The fourth-order valence-electron chi connectivity index (χ4n) is 2.33. The standard InChI is InChI=1S/C11H20N2O2/c14-10-5-9(6-10)7-12-8-11(15)13-3-1-2-4-13/h9-10,12,14H,1-8H2. The fraction of sp³-hybridized carbons (Fsp3) is 0.909. The molecule has 1 aliphatic heterocycles. The molecule has 1 saturated heterocycles. The summed E-state index contributed by atoms with van der Waals surface area (Å²) in [7, 11) is 0. The Balaban J connectivity index is 1.55. The van der Waals surface area contributed by atoms with Gasteiger partial charge in [0.1, 0.15) is 0 Å². The maximum absolute atomic E-state index is 11.6. The molecular weight excluding hydrogens is 192 g/mol. The van der Waals surface area contributed by atoms with E-state index in [1.807, 2.05) is 4.90 Å². The highest BCUT2D eigenvalue weighted by molar-refractivity contribution is 5.78. The van der Waals surface area contributed by atoms with Gasteiger partial charge in [0.15, 0.2) is 0 Å². The average molecular weight is 212 g/mol. The van der Waals surface area contributed by atoms with E-state index in [0.717, 1.165) is 45.3 Å². The normalized spacial score (nSPS) is 30.3. The van der Waals surface area contributed by atoms with E-state index in [4.69, 9.17) is 5.11 Å². The number of hydrogen-bond acceptors (Lipinski definition) is 3. The first kappa shape index (κ1) is 10.9. The number of hydrogen-bond donors (Lipinski definition) is 2. The Morgan fingerprint density at radius 3 is 2.60 bits per heavy atom. The van der Waals surface area contributed by atoms with Crippen molar-refractivity contribution in [3.63, 3.8) is 0 Å². The summed E-state index contributed by atoms with van der Waals surface area (Å²) in [5.41, 5.74) is 0. The quantitative estimate of drug-likeness (QED) is 0.688. The smallest absolute Gasteiger partial charge is 0.236 e. The zero-order chi connectivity index (χ0) is 10.7. The summed E-state index contributed by atoms with van der Waals surface area (Å²) in [5, 5.41) is 12.3. The number of nitrogens with one attached hydrogen (secondary N) is 1. The predicted octanol–water partition coefficient (Wildman–Crippen LogP) is -0.0307. The molecule has 0 aromatic heterocycles. The van der Waals surface area contributed by atoms with Crippen LogP contribution in [0.1, 0.15) is 25.7 Å². The SMILES string of the molecule is O=C(CNCC1CC(O)C1)N1CCCC1. The number of rotatable bonds is 4. The molecule has 4 nitrogen and oxygen atoms in total. The molecule has 2 aliphatic rings. The molecule has 1 aliphatic carbocycles. The summed E-state index contributed by atoms with van der Waals surface area (Å²) in [6, 6.07) is 0. The molecule has 0 aromatic rings. The van der Waals surface area contributed by atoms with E-state index < -0.39 is 0 Å². The van der Waals surface area contributed by atoms with Crippen molar-refractivity contribution in [2.45, 2.75) is 31.8 Å². The van der Waals surface area contributed by atoms with Crippen LogP contribution < -0.4 is 5.32 Å². The number of carbonyl (C=O) groups excluding carboxylic acids is 1. The van der Waals surface area contributed by atoms with Gasteiger partial charge >= 0.3 is 0 Å². The molecule has 0 radical (unpaired) electrons. The summed E-state index contributed by atoms with van der Waals surface area (Å²) in [5.74, 6) is 0.804. The van der Waals surface area contributed by atoms with E-state index in [1.54, 1.807) is 0 Å². The van der Waals surface area contributed by atoms with Crippen LogP contribution in [0.4, 0.5) is 0 Å². The molecule has 1 amide bonds. The minimum Gasteiger partial charge on any atom is -0.393 e. The summed E-state index contributed by atoms with van der Waals surface area (Å²) in [6.45, 7) is 3.20. The van der Waals surface area contributed by atoms with Crippen LogP contribution in [0.2, 0.25) is 0 Å². The zero-order valence-corrected chi connectivity index (χ0v) is 9.11. The van der Waals surface area contributed by atoms with Gasteiger partial charge in [-0.3, -0.25) is 4.79 Å². The molecule has 1 saturated carbocycles. The van der Waals surface area contributed by atoms with E-state index in [9.17, 15) is 4.79 Å². The van der Waals surface area contributed by atoms with Gasteiger partial charge in [0.25, 0.3) is 0 Å². The summed E-state index contributed by atoms with van der Waals surface area (Å²) in [4.78, 5) is 13.5. The third kappa shape index (κ3) is 2.92. The highest BCUT2D eigenvalue weighted by Gasteiger charge is 2.26. The predicted molar refractivity (Wildman–Crippen MR) is 57.4 cm³/mol. The second-order valence-corrected chi connectivity index (χ2v) is 4.71. The Bertz CT molecular complexity index is 221.